The lowest BCUT2D eigenvalue weighted by Gasteiger charge is -2.42. The Labute approximate surface area is 149 Å². The SMILES string of the molecule is O=C1NC(=O)C2(CCC3(CC2)C(Br)=Cc2cc4c(cc23)CCC4)N1. The number of urea groups is 1. The molecule has 0 unspecified atom stereocenters. The molecule has 0 radical (unpaired) electrons. The van der Waals surface area contributed by atoms with E-state index in [1.807, 2.05) is 0 Å². The molecule has 4 nitrogen and oxygen atoms in total. The zero-order chi connectivity index (χ0) is 16.5. The molecule has 4 aliphatic rings. The number of amides is 3. The average Bonchev–Trinajstić information content (AvgIpc) is 3.18. The van der Waals surface area contributed by atoms with E-state index in [1.165, 1.54) is 46.0 Å². The van der Waals surface area contributed by atoms with Gasteiger partial charge in [0.2, 0.25) is 0 Å². The lowest BCUT2D eigenvalue weighted by Crippen LogP contribution is -2.52. The van der Waals surface area contributed by atoms with E-state index < -0.39 is 5.54 Å². The van der Waals surface area contributed by atoms with Crippen molar-refractivity contribution >= 4 is 33.9 Å². The largest absolute Gasteiger partial charge is 0.323 e. The van der Waals surface area contributed by atoms with Crippen LogP contribution in [0.5, 0.6) is 0 Å². The fourth-order valence-corrected chi connectivity index (χ4v) is 5.93. The number of nitrogens with one attached hydrogen (secondary N) is 2. The van der Waals surface area contributed by atoms with E-state index in [9.17, 15) is 9.59 Å². The highest BCUT2D eigenvalue weighted by atomic mass is 79.9. The molecule has 0 aromatic heterocycles. The van der Waals surface area contributed by atoms with Gasteiger partial charge in [-0.15, -0.1) is 0 Å². The van der Waals surface area contributed by atoms with Crippen molar-refractivity contribution < 1.29 is 9.59 Å². The van der Waals surface area contributed by atoms with Crippen molar-refractivity contribution in [2.75, 3.05) is 0 Å². The maximum Gasteiger partial charge on any atom is 0.322 e. The minimum atomic E-state index is -0.699. The van der Waals surface area contributed by atoms with Crippen LogP contribution in [0.1, 0.15) is 54.4 Å². The van der Waals surface area contributed by atoms with Gasteiger partial charge in [-0.25, -0.2) is 4.79 Å². The van der Waals surface area contributed by atoms with Gasteiger partial charge in [0.15, 0.2) is 0 Å². The second-order valence-electron chi connectivity index (χ2n) is 7.63. The predicted molar refractivity (Wildman–Crippen MR) is 94.9 cm³/mol. The van der Waals surface area contributed by atoms with Gasteiger partial charge >= 0.3 is 6.03 Å². The highest BCUT2D eigenvalue weighted by molar-refractivity contribution is 9.11. The van der Waals surface area contributed by atoms with Gasteiger partial charge in [-0.05, 0) is 73.3 Å². The first kappa shape index (κ1) is 14.7. The summed E-state index contributed by atoms with van der Waals surface area (Å²) in [4.78, 5) is 23.8. The maximum atomic E-state index is 12.2. The molecule has 3 aliphatic carbocycles. The summed E-state index contributed by atoms with van der Waals surface area (Å²) in [7, 11) is 0. The van der Waals surface area contributed by atoms with E-state index in [0.717, 1.165) is 12.8 Å². The van der Waals surface area contributed by atoms with E-state index in [-0.39, 0.29) is 17.4 Å². The molecule has 5 rings (SSSR count). The Morgan fingerprint density at radius 3 is 2.38 bits per heavy atom. The average molecular weight is 387 g/mol. The zero-order valence-corrected chi connectivity index (χ0v) is 15.0. The van der Waals surface area contributed by atoms with Gasteiger partial charge in [0.25, 0.3) is 5.91 Å². The van der Waals surface area contributed by atoms with Crippen LogP contribution in [0, 0.1) is 0 Å². The third-order valence-electron chi connectivity index (χ3n) is 6.49. The number of halogens is 1. The highest BCUT2D eigenvalue weighted by Gasteiger charge is 2.54. The molecule has 24 heavy (non-hydrogen) atoms. The van der Waals surface area contributed by atoms with Crippen LogP contribution in [0.2, 0.25) is 0 Å². The molecule has 0 atom stereocenters. The van der Waals surface area contributed by atoms with Gasteiger partial charge < -0.3 is 5.32 Å². The fraction of sp³-hybridized carbons (Fsp3) is 0.474. The molecule has 2 fully saturated rings. The molecule has 2 spiro atoms. The topological polar surface area (TPSA) is 58.2 Å². The smallest absolute Gasteiger partial charge is 0.322 e. The van der Waals surface area contributed by atoms with Crippen LogP contribution in [0.4, 0.5) is 4.79 Å². The molecule has 1 aromatic rings. The summed E-state index contributed by atoms with van der Waals surface area (Å²) in [6.07, 6.45) is 9.01. The summed E-state index contributed by atoms with van der Waals surface area (Å²) in [6, 6.07) is 4.42. The van der Waals surface area contributed by atoms with Crippen LogP contribution < -0.4 is 10.6 Å². The number of imide groups is 1. The fourth-order valence-electron chi connectivity index (χ4n) is 5.07. The lowest BCUT2D eigenvalue weighted by atomic mass is 9.65. The molecule has 1 aromatic carbocycles. The van der Waals surface area contributed by atoms with Crippen molar-refractivity contribution in [3.8, 4) is 0 Å². The Hall–Kier alpha value is -1.62. The van der Waals surface area contributed by atoms with Crippen LogP contribution in [0.3, 0.4) is 0 Å². The number of hydrogen-bond donors (Lipinski definition) is 2. The van der Waals surface area contributed by atoms with E-state index >= 15 is 0 Å². The molecular formula is C19H19BrN2O2. The molecule has 1 saturated carbocycles. The molecule has 0 bridgehead atoms. The number of aryl methyl sites for hydroxylation is 2. The molecule has 5 heteroatoms. The molecular weight excluding hydrogens is 368 g/mol. The van der Waals surface area contributed by atoms with E-state index in [2.05, 4.69) is 44.8 Å². The summed E-state index contributed by atoms with van der Waals surface area (Å²) in [5, 5.41) is 5.28. The van der Waals surface area contributed by atoms with Crippen molar-refractivity contribution in [1.82, 2.24) is 10.6 Å². The van der Waals surface area contributed by atoms with Crippen LogP contribution in [-0.4, -0.2) is 17.5 Å². The van der Waals surface area contributed by atoms with Crippen LogP contribution in [0.25, 0.3) is 6.08 Å². The summed E-state index contributed by atoms with van der Waals surface area (Å²) in [5.74, 6) is -0.158. The Morgan fingerprint density at radius 2 is 1.71 bits per heavy atom. The summed E-state index contributed by atoms with van der Waals surface area (Å²) >= 11 is 3.82. The first-order chi connectivity index (χ1) is 11.5. The standard InChI is InChI=1S/C19H19BrN2O2/c20-15-10-13-8-11-2-1-3-12(11)9-14(13)18(15)4-6-19(7-5-18)16(23)21-17(24)22-19/h8-10H,1-7H2,(H2,21,22,23,24). The Balaban J connectivity index is 1.52. The normalized spacial score (nSPS) is 33.5. The number of carbonyl (C=O) groups is 2. The highest BCUT2D eigenvalue weighted by Crippen LogP contribution is 2.55. The van der Waals surface area contributed by atoms with Gasteiger partial charge in [-0.1, -0.05) is 28.1 Å². The van der Waals surface area contributed by atoms with Crippen molar-refractivity contribution in [2.45, 2.75) is 55.9 Å². The van der Waals surface area contributed by atoms with Crippen molar-refractivity contribution in [3.63, 3.8) is 0 Å². The Bertz CT molecular complexity index is 819. The lowest BCUT2D eigenvalue weighted by molar-refractivity contribution is -0.125. The second-order valence-corrected chi connectivity index (χ2v) is 8.48. The van der Waals surface area contributed by atoms with Crippen molar-refractivity contribution in [2.24, 2.45) is 0 Å². The molecule has 1 saturated heterocycles. The number of fused-ring (bicyclic) bond motifs is 3. The van der Waals surface area contributed by atoms with Gasteiger partial charge in [-0.2, -0.15) is 0 Å². The second kappa shape index (κ2) is 4.72. The minimum Gasteiger partial charge on any atom is -0.323 e. The third kappa shape index (κ3) is 1.79. The van der Waals surface area contributed by atoms with Crippen LogP contribution in [0.15, 0.2) is 16.6 Å². The first-order valence-electron chi connectivity index (χ1n) is 8.70. The summed E-state index contributed by atoms with van der Waals surface area (Å²) < 4.78 is 1.23. The van der Waals surface area contributed by atoms with Gasteiger partial charge in [0, 0.05) is 9.90 Å². The number of hydrogen-bond acceptors (Lipinski definition) is 2. The first-order valence-corrected chi connectivity index (χ1v) is 9.49. The zero-order valence-electron chi connectivity index (χ0n) is 13.4. The van der Waals surface area contributed by atoms with Gasteiger partial charge in [-0.3, -0.25) is 10.1 Å². The van der Waals surface area contributed by atoms with Gasteiger partial charge in [0.05, 0.1) is 0 Å². The van der Waals surface area contributed by atoms with E-state index in [4.69, 9.17) is 0 Å². The molecule has 1 aliphatic heterocycles. The van der Waals surface area contributed by atoms with Crippen LogP contribution >= 0.6 is 15.9 Å². The number of allylic oxidation sites excluding steroid dienone is 1. The number of benzene rings is 1. The molecule has 1 heterocycles. The monoisotopic (exact) mass is 386 g/mol. The maximum absolute atomic E-state index is 12.2. The quantitative estimate of drug-likeness (QED) is 0.671. The Kier molecular flexibility index (Phi) is 2.89. The molecule has 124 valence electrons. The Morgan fingerprint density at radius 1 is 1.00 bits per heavy atom. The molecule has 2 N–H and O–H groups in total. The third-order valence-corrected chi connectivity index (χ3v) is 7.48. The van der Waals surface area contributed by atoms with E-state index in [0.29, 0.717) is 12.8 Å². The van der Waals surface area contributed by atoms with Crippen LogP contribution in [-0.2, 0) is 23.1 Å². The van der Waals surface area contributed by atoms with Crippen molar-refractivity contribution in [3.05, 3.63) is 38.9 Å². The van der Waals surface area contributed by atoms with Crippen molar-refractivity contribution in [1.29, 1.82) is 0 Å². The number of carbonyl (C=O) groups excluding carboxylic acids is 2. The van der Waals surface area contributed by atoms with E-state index in [1.54, 1.807) is 0 Å². The summed E-state index contributed by atoms with van der Waals surface area (Å²) in [5.41, 5.74) is 5.02. The molecule has 3 amide bonds. The number of rotatable bonds is 0. The predicted octanol–water partition coefficient (Wildman–Crippen LogP) is 3.31. The van der Waals surface area contributed by atoms with Gasteiger partial charge in [0.1, 0.15) is 5.54 Å². The minimum absolute atomic E-state index is 0.0220. The summed E-state index contributed by atoms with van der Waals surface area (Å²) in [6.45, 7) is 0.